The maximum absolute atomic E-state index is 11.7. The molecular formula is C14H22N2O2. The third-order valence-electron chi connectivity index (χ3n) is 2.45. The van der Waals surface area contributed by atoms with Crippen molar-refractivity contribution in [2.75, 3.05) is 24.3 Å². The lowest BCUT2D eigenvalue weighted by Gasteiger charge is -2.10. The predicted molar refractivity (Wildman–Crippen MR) is 74.5 cm³/mol. The second kappa shape index (κ2) is 7.01. The highest BCUT2D eigenvalue weighted by atomic mass is 16.5. The summed E-state index contributed by atoms with van der Waals surface area (Å²) in [5, 5.41) is 2.85. The zero-order valence-corrected chi connectivity index (χ0v) is 11.3. The van der Waals surface area contributed by atoms with Gasteiger partial charge in [-0.25, -0.2) is 0 Å². The van der Waals surface area contributed by atoms with Crippen molar-refractivity contribution >= 4 is 17.3 Å². The molecule has 0 saturated heterocycles. The molecule has 0 atom stereocenters. The maximum atomic E-state index is 11.7. The zero-order valence-electron chi connectivity index (χ0n) is 11.3. The van der Waals surface area contributed by atoms with E-state index in [9.17, 15) is 4.79 Å². The average Bonchev–Trinajstić information content (AvgIpc) is 2.28. The fraction of sp³-hybridized carbons (Fsp3) is 0.500. The number of nitrogen functional groups attached to an aromatic ring is 1. The minimum Gasteiger partial charge on any atom is -0.399 e. The maximum Gasteiger partial charge on any atom is 0.226 e. The molecule has 0 radical (unpaired) electrons. The number of amides is 1. The molecule has 0 saturated carbocycles. The molecule has 1 aromatic rings. The van der Waals surface area contributed by atoms with E-state index in [1.165, 1.54) is 0 Å². The molecule has 0 aliphatic heterocycles. The number of carbonyl (C=O) groups is 1. The summed E-state index contributed by atoms with van der Waals surface area (Å²) in [6, 6.07) is 5.43. The lowest BCUT2D eigenvalue weighted by atomic mass is 10.2. The summed E-state index contributed by atoms with van der Waals surface area (Å²) in [5.74, 6) is 0.457. The quantitative estimate of drug-likeness (QED) is 0.602. The van der Waals surface area contributed by atoms with Crippen LogP contribution < -0.4 is 11.1 Å². The SMILES string of the molecule is Cc1cc(N)ccc1NC(=O)CCOCC(C)C. The molecule has 1 rings (SSSR count). The van der Waals surface area contributed by atoms with Crippen LogP contribution in [-0.4, -0.2) is 19.1 Å². The molecule has 4 heteroatoms. The van der Waals surface area contributed by atoms with Crippen molar-refractivity contribution in [3.05, 3.63) is 23.8 Å². The van der Waals surface area contributed by atoms with Gasteiger partial charge in [-0.2, -0.15) is 0 Å². The number of hydrogen-bond donors (Lipinski definition) is 2. The Hall–Kier alpha value is -1.55. The minimum absolute atomic E-state index is 0.0355. The molecule has 1 amide bonds. The fourth-order valence-corrected chi connectivity index (χ4v) is 1.52. The molecule has 3 N–H and O–H groups in total. The van der Waals surface area contributed by atoms with E-state index < -0.39 is 0 Å². The van der Waals surface area contributed by atoms with E-state index in [0.29, 0.717) is 31.2 Å². The Labute approximate surface area is 109 Å². The fourth-order valence-electron chi connectivity index (χ4n) is 1.52. The first-order valence-corrected chi connectivity index (χ1v) is 6.22. The van der Waals surface area contributed by atoms with Crippen molar-refractivity contribution < 1.29 is 9.53 Å². The molecule has 0 heterocycles. The van der Waals surface area contributed by atoms with Gasteiger partial charge in [0.05, 0.1) is 13.0 Å². The number of hydrogen-bond acceptors (Lipinski definition) is 3. The Bertz CT molecular complexity index is 403. The van der Waals surface area contributed by atoms with Gasteiger partial charge in [0.2, 0.25) is 5.91 Å². The van der Waals surface area contributed by atoms with Crippen molar-refractivity contribution in [3.63, 3.8) is 0 Å². The smallest absolute Gasteiger partial charge is 0.226 e. The van der Waals surface area contributed by atoms with E-state index in [1.807, 2.05) is 19.1 Å². The van der Waals surface area contributed by atoms with E-state index >= 15 is 0 Å². The van der Waals surface area contributed by atoms with E-state index in [2.05, 4.69) is 19.2 Å². The average molecular weight is 250 g/mol. The summed E-state index contributed by atoms with van der Waals surface area (Å²) < 4.78 is 5.37. The molecule has 4 nitrogen and oxygen atoms in total. The summed E-state index contributed by atoms with van der Waals surface area (Å²) in [6.07, 6.45) is 0.372. The summed E-state index contributed by atoms with van der Waals surface area (Å²) in [7, 11) is 0. The molecule has 0 aromatic heterocycles. The van der Waals surface area contributed by atoms with Crippen LogP contribution in [0.15, 0.2) is 18.2 Å². The molecule has 18 heavy (non-hydrogen) atoms. The second-order valence-electron chi connectivity index (χ2n) is 4.84. The van der Waals surface area contributed by atoms with Crippen LogP contribution in [0.1, 0.15) is 25.8 Å². The molecule has 0 bridgehead atoms. The first-order valence-electron chi connectivity index (χ1n) is 6.22. The van der Waals surface area contributed by atoms with Crippen molar-refractivity contribution in [2.24, 2.45) is 5.92 Å². The number of nitrogens with one attached hydrogen (secondary N) is 1. The Morgan fingerprint density at radius 1 is 1.44 bits per heavy atom. The van der Waals surface area contributed by atoms with Gasteiger partial charge in [-0.1, -0.05) is 13.8 Å². The van der Waals surface area contributed by atoms with Gasteiger partial charge >= 0.3 is 0 Å². The van der Waals surface area contributed by atoms with Gasteiger partial charge in [0.15, 0.2) is 0 Å². The first-order chi connectivity index (χ1) is 8.49. The number of rotatable bonds is 6. The summed E-state index contributed by atoms with van der Waals surface area (Å²) >= 11 is 0. The monoisotopic (exact) mass is 250 g/mol. The van der Waals surface area contributed by atoms with Crippen LogP contribution in [0.4, 0.5) is 11.4 Å². The number of benzene rings is 1. The van der Waals surface area contributed by atoms with Gasteiger partial charge in [-0.05, 0) is 36.6 Å². The van der Waals surface area contributed by atoms with E-state index in [0.717, 1.165) is 11.3 Å². The van der Waals surface area contributed by atoms with E-state index in [-0.39, 0.29) is 5.91 Å². The van der Waals surface area contributed by atoms with Crippen molar-refractivity contribution in [2.45, 2.75) is 27.2 Å². The first kappa shape index (κ1) is 14.5. The molecule has 100 valence electrons. The number of anilines is 2. The van der Waals surface area contributed by atoms with Gasteiger partial charge in [0.1, 0.15) is 0 Å². The number of nitrogens with two attached hydrogens (primary N) is 1. The van der Waals surface area contributed by atoms with Crippen LogP contribution in [0.5, 0.6) is 0 Å². The normalized spacial score (nSPS) is 10.7. The zero-order chi connectivity index (χ0) is 13.5. The van der Waals surface area contributed by atoms with Crippen molar-refractivity contribution in [1.29, 1.82) is 0 Å². The Morgan fingerprint density at radius 2 is 2.17 bits per heavy atom. The molecule has 0 unspecified atom stereocenters. The van der Waals surface area contributed by atoms with Gasteiger partial charge in [0.25, 0.3) is 0 Å². The summed E-state index contributed by atoms with van der Waals surface area (Å²) in [5.41, 5.74) is 8.12. The molecule has 1 aromatic carbocycles. The third kappa shape index (κ3) is 5.19. The van der Waals surface area contributed by atoms with E-state index in [4.69, 9.17) is 10.5 Å². The highest BCUT2D eigenvalue weighted by Crippen LogP contribution is 2.17. The van der Waals surface area contributed by atoms with Crippen LogP contribution >= 0.6 is 0 Å². The van der Waals surface area contributed by atoms with Crippen molar-refractivity contribution in [1.82, 2.24) is 0 Å². The lowest BCUT2D eigenvalue weighted by Crippen LogP contribution is -2.15. The van der Waals surface area contributed by atoms with Crippen LogP contribution in [0.2, 0.25) is 0 Å². The van der Waals surface area contributed by atoms with Crippen LogP contribution in [0.3, 0.4) is 0 Å². The van der Waals surface area contributed by atoms with Gasteiger partial charge in [-0.15, -0.1) is 0 Å². The van der Waals surface area contributed by atoms with Crippen LogP contribution in [0, 0.1) is 12.8 Å². The summed E-state index contributed by atoms with van der Waals surface area (Å²) in [6.45, 7) is 7.23. The highest BCUT2D eigenvalue weighted by molar-refractivity contribution is 5.91. The number of carbonyl (C=O) groups excluding carboxylic acids is 1. The summed E-state index contributed by atoms with van der Waals surface area (Å²) in [4.78, 5) is 11.7. The molecule has 0 aliphatic rings. The van der Waals surface area contributed by atoms with Crippen LogP contribution in [-0.2, 0) is 9.53 Å². The van der Waals surface area contributed by atoms with Gasteiger partial charge in [-0.3, -0.25) is 4.79 Å². The standard InChI is InChI=1S/C14H22N2O2/c1-10(2)9-18-7-6-14(17)16-13-5-4-12(15)8-11(13)3/h4-5,8,10H,6-7,9,15H2,1-3H3,(H,16,17). The Balaban J connectivity index is 2.35. The number of aryl methyl sites for hydroxylation is 1. The topological polar surface area (TPSA) is 64.3 Å². The number of ether oxygens (including phenoxy) is 1. The Kier molecular flexibility index (Phi) is 5.65. The molecule has 0 spiro atoms. The lowest BCUT2D eigenvalue weighted by molar-refractivity contribution is -0.117. The Morgan fingerprint density at radius 3 is 2.78 bits per heavy atom. The predicted octanol–water partition coefficient (Wildman–Crippen LogP) is 2.58. The molecule has 0 fully saturated rings. The van der Waals surface area contributed by atoms with E-state index in [1.54, 1.807) is 6.07 Å². The third-order valence-corrected chi connectivity index (χ3v) is 2.45. The largest absolute Gasteiger partial charge is 0.399 e. The van der Waals surface area contributed by atoms with Gasteiger partial charge in [0, 0.05) is 18.0 Å². The highest BCUT2D eigenvalue weighted by Gasteiger charge is 2.05. The minimum atomic E-state index is -0.0355. The molecule has 0 aliphatic carbocycles. The van der Waals surface area contributed by atoms with Gasteiger partial charge < -0.3 is 15.8 Å². The second-order valence-corrected chi connectivity index (χ2v) is 4.84. The van der Waals surface area contributed by atoms with Crippen LogP contribution in [0.25, 0.3) is 0 Å². The molecular weight excluding hydrogens is 228 g/mol. The van der Waals surface area contributed by atoms with Crippen molar-refractivity contribution in [3.8, 4) is 0 Å².